The zero-order valence-electron chi connectivity index (χ0n) is 9.53. The summed E-state index contributed by atoms with van der Waals surface area (Å²) in [4.78, 5) is 0. The molecule has 0 unspecified atom stereocenters. The van der Waals surface area contributed by atoms with Crippen LogP contribution in [-0.4, -0.2) is 10.3 Å². The van der Waals surface area contributed by atoms with E-state index in [1.807, 2.05) is 26.8 Å². The molecule has 1 heterocycles. The monoisotopic (exact) mass is 218 g/mol. The van der Waals surface area contributed by atoms with Gasteiger partial charge in [-0.25, -0.2) is 0 Å². The van der Waals surface area contributed by atoms with E-state index < -0.39 is 0 Å². The van der Waals surface area contributed by atoms with Crippen molar-refractivity contribution >= 4 is 5.88 Å². The summed E-state index contributed by atoms with van der Waals surface area (Å²) in [6, 6.07) is 3.62. The molecule has 4 nitrogen and oxygen atoms in total. The number of aryl methyl sites for hydroxylation is 2. The Morgan fingerprint density at radius 3 is 2.44 bits per heavy atom. The first-order valence-electron chi connectivity index (χ1n) is 5.03. The van der Waals surface area contributed by atoms with Crippen molar-refractivity contribution in [3.05, 3.63) is 28.8 Å². The molecule has 2 rings (SSSR count). The fourth-order valence-corrected chi connectivity index (χ4v) is 1.80. The van der Waals surface area contributed by atoms with E-state index in [1.54, 1.807) is 6.07 Å². The summed E-state index contributed by atoms with van der Waals surface area (Å²) in [5, 5.41) is 13.9. The van der Waals surface area contributed by atoms with Crippen molar-refractivity contribution in [3.8, 4) is 17.0 Å². The summed E-state index contributed by atoms with van der Waals surface area (Å²) in [7, 11) is 0. The van der Waals surface area contributed by atoms with Crippen LogP contribution in [0.3, 0.4) is 0 Å². The first kappa shape index (κ1) is 10.5. The normalized spacial score (nSPS) is 10.7. The van der Waals surface area contributed by atoms with Gasteiger partial charge < -0.3 is 15.4 Å². The molecule has 0 saturated heterocycles. The van der Waals surface area contributed by atoms with Crippen LogP contribution in [0, 0.1) is 20.8 Å². The molecule has 0 aliphatic carbocycles. The van der Waals surface area contributed by atoms with E-state index in [9.17, 15) is 5.11 Å². The number of nitrogens with zero attached hydrogens (tertiary/aromatic N) is 1. The third-order valence-electron chi connectivity index (χ3n) is 2.80. The molecular formula is C12H14N2O2. The Morgan fingerprint density at radius 2 is 1.88 bits per heavy atom. The van der Waals surface area contributed by atoms with Gasteiger partial charge in [0.1, 0.15) is 11.4 Å². The average Bonchev–Trinajstić information content (AvgIpc) is 2.61. The maximum Gasteiger partial charge on any atom is 0.222 e. The lowest BCUT2D eigenvalue weighted by molar-refractivity contribution is 0.437. The van der Waals surface area contributed by atoms with Crippen molar-refractivity contribution in [2.24, 2.45) is 0 Å². The predicted molar refractivity (Wildman–Crippen MR) is 62.2 cm³/mol. The number of rotatable bonds is 1. The van der Waals surface area contributed by atoms with Crippen LogP contribution in [0.2, 0.25) is 0 Å². The van der Waals surface area contributed by atoms with Crippen LogP contribution in [0.15, 0.2) is 16.7 Å². The predicted octanol–water partition coefficient (Wildman–Crippen LogP) is 2.55. The molecule has 4 heteroatoms. The number of nitrogen functional groups attached to an aromatic ring is 1. The van der Waals surface area contributed by atoms with Gasteiger partial charge >= 0.3 is 0 Å². The van der Waals surface area contributed by atoms with Crippen LogP contribution >= 0.6 is 0 Å². The molecule has 0 aliphatic heterocycles. The third-order valence-corrected chi connectivity index (χ3v) is 2.80. The second-order valence-corrected chi connectivity index (χ2v) is 3.97. The van der Waals surface area contributed by atoms with Gasteiger partial charge in [-0.05, 0) is 37.5 Å². The molecule has 0 amide bonds. The molecule has 0 spiro atoms. The molecule has 0 aliphatic rings. The molecule has 0 radical (unpaired) electrons. The molecule has 3 N–H and O–H groups in total. The fraction of sp³-hybridized carbons (Fsp3) is 0.250. The highest BCUT2D eigenvalue weighted by Gasteiger charge is 2.15. The van der Waals surface area contributed by atoms with Crippen molar-refractivity contribution in [2.45, 2.75) is 20.8 Å². The number of phenolic OH excluding ortho intramolecular Hbond substituents is 1. The minimum absolute atomic E-state index is 0.241. The molecular weight excluding hydrogens is 204 g/mol. The second-order valence-electron chi connectivity index (χ2n) is 3.97. The van der Waals surface area contributed by atoms with Crippen LogP contribution in [0.5, 0.6) is 5.75 Å². The summed E-state index contributed by atoms with van der Waals surface area (Å²) in [5.41, 5.74) is 9.58. The van der Waals surface area contributed by atoms with Gasteiger partial charge in [-0.3, -0.25) is 0 Å². The molecule has 1 aromatic heterocycles. The second kappa shape index (κ2) is 3.56. The van der Waals surface area contributed by atoms with Gasteiger partial charge in [0.05, 0.1) is 0 Å². The third kappa shape index (κ3) is 1.52. The molecule has 16 heavy (non-hydrogen) atoms. The summed E-state index contributed by atoms with van der Waals surface area (Å²) in [6.45, 7) is 5.76. The van der Waals surface area contributed by atoms with Gasteiger partial charge in [-0.2, -0.15) is 0 Å². The molecule has 1 aromatic carbocycles. The number of aromatic hydroxyl groups is 1. The van der Waals surface area contributed by atoms with E-state index in [0.717, 1.165) is 16.7 Å². The fourth-order valence-electron chi connectivity index (χ4n) is 1.80. The number of nitrogens with two attached hydrogens (primary N) is 1. The Balaban J connectivity index is 2.70. The zero-order chi connectivity index (χ0) is 11.9. The molecule has 0 bridgehead atoms. The quantitative estimate of drug-likeness (QED) is 0.771. The summed E-state index contributed by atoms with van der Waals surface area (Å²) >= 11 is 0. The minimum atomic E-state index is 0.241. The highest BCUT2D eigenvalue weighted by molar-refractivity contribution is 5.74. The van der Waals surface area contributed by atoms with E-state index in [2.05, 4.69) is 5.16 Å². The van der Waals surface area contributed by atoms with Gasteiger partial charge in [0.2, 0.25) is 5.88 Å². The highest BCUT2D eigenvalue weighted by atomic mass is 16.5. The Kier molecular flexibility index (Phi) is 2.34. The summed E-state index contributed by atoms with van der Waals surface area (Å²) in [6.07, 6.45) is 0. The van der Waals surface area contributed by atoms with Gasteiger partial charge in [0, 0.05) is 11.6 Å². The van der Waals surface area contributed by atoms with E-state index in [-0.39, 0.29) is 11.6 Å². The van der Waals surface area contributed by atoms with Gasteiger partial charge in [0.15, 0.2) is 0 Å². The molecule has 0 saturated carbocycles. The topological polar surface area (TPSA) is 72.3 Å². The Morgan fingerprint density at radius 1 is 1.19 bits per heavy atom. The van der Waals surface area contributed by atoms with Crippen molar-refractivity contribution < 1.29 is 9.63 Å². The lowest BCUT2D eigenvalue weighted by Crippen LogP contribution is -1.91. The van der Waals surface area contributed by atoms with Crippen LogP contribution in [0.1, 0.15) is 16.7 Å². The van der Waals surface area contributed by atoms with Crippen molar-refractivity contribution in [1.29, 1.82) is 0 Å². The van der Waals surface area contributed by atoms with E-state index >= 15 is 0 Å². The number of hydrogen-bond acceptors (Lipinski definition) is 4. The number of aromatic nitrogens is 1. The van der Waals surface area contributed by atoms with E-state index in [4.69, 9.17) is 10.3 Å². The van der Waals surface area contributed by atoms with Crippen LogP contribution in [0.4, 0.5) is 5.88 Å². The van der Waals surface area contributed by atoms with Gasteiger partial charge in [-0.15, -0.1) is 0 Å². The Labute approximate surface area is 93.7 Å². The minimum Gasteiger partial charge on any atom is -0.507 e. The molecule has 84 valence electrons. The number of benzene rings is 1. The largest absolute Gasteiger partial charge is 0.507 e. The zero-order valence-corrected chi connectivity index (χ0v) is 9.53. The van der Waals surface area contributed by atoms with Gasteiger partial charge in [-0.1, -0.05) is 11.2 Å². The van der Waals surface area contributed by atoms with Crippen molar-refractivity contribution in [3.63, 3.8) is 0 Å². The Hall–Kier alpha value is -1.97. The van der Waals surface area contributed by atoms with Gasteiger partial charge in [0.25, 0.3) is 0 Å². The lowest BCUT2D eigenvalue weighted by Gasteiger charge is -2.10. The molecule has 0 fully saturated rings. The molecule has 0 atom stereocenters. The van der Waals surface area contributed by atoms with Crippen LogP contribution in [-0.2, 0) is 0 Å². The highest BCUT2D eigenvalue weighted by Crippen LogP contribution is 2.36. The SMILES string of the molecule is Cc1cc(C)c(-c2cc(N)on2)c(O)c1C. The van der Waals surface area contributed by atoms with Crippen molar-refractivity contribution in [2.75, 3.05) is 5.73 Å². The Bertz CT molecular complexity index is 544. The number of hydrogen-bond donors (Lipinski definition) is 2. The van der Waals surface area contributed by atoms with Crippen LogP contribution < -0.4 is 5.73 Å². The summed E-state index contributed by atoms with van der Waals surface area (Å²) < 4.78 is 4.82. The standard InChI is InChI=1S/C12H14N2O2/c1-6-4-7(2)11(12(15)8(6)3)9-5-10(13)16-14-9/h4-5,15H,13H2,1-3H3. The first-order valence-corrected chi connectivity index (χ1v) is 5.03. The van der Waals surface area contributed by atoms with E-state index in [0.29, 0.717) is 11.3 Å². The summed E-state index contributed by atoms with van der Waals surface area (Å²) in [5.74, 6) is 0.484. The average molecular weight is 218 g/mol. The van der Waals surface area contributed by atoms with Crippen LogP contribution in [0.25, 0.3) is 11.3 Å². The maximum absolute atomic E-state index is 10.1. The lowest BCUT2D eigenvalue weighted by atomic mass is 9.97. The maximum atomic E-state index is 10.1. The number of anilines is 1. The smallest absolute Gasteiger partial charge is 0.222 e. The van der Waals surface area contributed by atoms with Crippen molar-refractivity contribution in [1.82, 2.24) is 5.16 Å². The van der Waals surface area contributed by atoms with E-state index in [1.165, 1.54) is 0 Å². The number of phenols is 1. The first-order chi connectivity index (χ1) is 7.50. The molecule has 2 aromatic rings.